The van der Waals surface area contributed by atoms with Gasteiger partial charge in [-0.25, -0.2) is 14.7 Å². The number of amides is 6. The summed E-state index contributed by atoms with van der Waals surface area (Å²) in [7, 11) is 0. The first-order valence-electron chi connectivity index (χ1n) is 11.6. The van der Waals surface area contributed by atoms with Crippen LogP contribution in [-0.2, 0) is 0 Å². The molecule has 3 aromatic carbocycles. The second-order valence-corrected chi connectivity index (χ2v) is 8.71. The summed E-state index contributed by atoms with van der Waals surface area (Å²) in [6.07, 6.45) is 0. The molecule has 39 heavy (non-hydrogen) atoms. The molecule has 0 atom stereocenters. The summed E-state index contributed by atoms with van der Waals surface area (Å²) < 4.78 is 0. The number of nitrogens with zero attached hydrogens (tertiary/aromatic N) is 6. The van der Waals surface area contributed by atoms with Crippen molar-refractivity contribution in [2.24, 2.45) is 0 Å². The number of carbonyl (C=O) groups is 6. The van der Waals surface area contributed by atoms with Crippen LogP contribution in [0.25, 0.3) is 0 Å². The second-order valence-electron chi connectivity index (χ2n) is 8.71. The summed E-state index contributed by atoms with van der Waals surface area (Å²) >= 11 is 0. The highest BCUT2D eigenvalue weighted by Crippen LogP contribution is 2.33. The molecule has 12 nitrogen and oxygen atoms in total. The molecule has 0 saturated carbocycles. The van der Waals surface area contributed by atoms with Gasteiger partial charge in [-0.05, 0) is 36.4 Å². The lowest BCUT2D eigenvalue weighted by Crippen LogP contribution is -2.37. The van der Waals surface area contributed by atoms with Crippen LogP contribution in [-0.4, -0.2) is 50.4 Å². The Morgan fingerprint density at radius 1 is 0.333 bits per heavy atom. The summed E-state index contributed by atoms with van der Waals surface area (Å²) in [5, 5.41) is 0. The van der Waals surface area contributed by atoms with Crippen LogP contribution in [0.15, 0.2) is 72.8 Å². The average Bonchev–Trinajstić information content (AvgIpc) is 3.48. The number of imide groups is 3. The van der Waals surface area contributed by atoms with E-state index >= 15 is 0 Å². The molecule has 0 fully saturated rings. The molecule has 7 rings (SSSR count). The van der Waals surface area contributed by atoms with E-state index < -0.39 is 53.3 Å². The number of benzene rings is 3. The van der Waals surface area contributed by atoms with E-state index in [1.807, 2.05) is 0 Å². The summed E-state index contributed by atoms with van der Waals surface area (Å²) in [6.45, 7) is 0. The number of anilines is 3. The van der Waals surface area contributed by atoms with Crippen molar-refractivity contribution in [2.45, 2.75) is 0 Å². The van der Waals surface area contributed by atoms with Crippen LogP contribution in [0.3, 0.4) is 0 Å². The van der Waals surface area contributed by atoms with Crippen molar-refractivity contribution in [3.63, 3.8) is 0 Å². The fraction of sp³-hybridized carbons (Fsp3) is 0. The number of aromatic nitrogens is 3. The molecule has 0 N–H and O–H groups in total. The molecule has 0 saturated heterocycles. The van der Waals surface area contributed by atoms with E-state index in [-0.39, 0.29) is 33.4 Å². The third kappa shape index (κ3) is 2.96. The molecular weight excluding hydrogens is 504 g/mol. The Hall–Kier alpha value is -5.91. The van der Waals surface area contributed by atoms with Crippen LogP contribution in [0.1, 0.15) is 62.1 Å². The maximum absolute atomic E-state index is 13.2. The first kappa shape index (κ1) is 22.3. The predicted octanol–water partition coefficient (Wildman–Crippen LogP) is 2.27. The van der Waals surface area contributed by atoms with Crippen LogP contribution in [0.2, 0.25) is 0 Å². The van der Waals surface area contributed by atoms with E-state index in [9.17, 15) is 28.8 Å². The van der Waals surface area contributed by atoms with E-state index in [4.69, 9.17) is 0 Å². The van der Waals surface area contributed by atoms with Gasteiger partial charge in [-0.2, -0.15) is 15.0 Å². The van der Waals surface area contributed by atoms with Crippen LogP contribution in [0.5, 0.6) is 0 Å². The van der Waals surface area contributed by atoms with Crippen LogP contribution in [0.4, 0.5) is 17.8 Å². The first-order valence-corrected chi connectivity index (χ1v) is 11.6. The molecule has 0 spiro atoms. The lowest BCUT2D eigenvalue weighted by atomic mass is 10.1. The molecule has 3 aliphatic rings. The average molecular weight is 516 g/mol. The fourth-order valence-corrected chi connectivity index (χ4v) is 4.76. The van der Waals surface area contributed by atoms with E-state index in [1.165, 1.54) is 36.4 Å². The van der Waals surface area contributed by atoms with Crippen molar-refractivity contribution in [2.75, 3.05) is 14.7 Å². The smallest absolute Gasteiger partial charge is 0.268 e. The van der Waals surface area contributed by atoms with Crippen molar-refractivity contribution in [3.8, 4) is 0 Å². The first-order chi connectivity index (χ1) is 18.9. The Morgan fingerprint density at radius 2 is 0.513 bits per heavy atom. The third-order valence-corrected chi connectivity index (χ3v) is 6.58. The van der Waals surface area contributed by atoms with Crippen LogP contribution >= 0.6 is 0 Å². The Balaban J connectivity index is 1.41. The monoisotopic (exact) mass is 516 g/mol. The molecule has 1 aromatic heterocycles. The summed E-state index contributed by atoms with van der Waals surface area (Å²) in [5.41, 5.74) is 0.542. The molecule has 6 amide bonds. The lowest BCUT2D eigenvalue weighted by Gasteiger charge is -2.19. The minimum absolute atomic E-state index is 0.0903. The van der Waals surface area contributed by atoms with Crippen molar-refractivity contribution in [3.05, 3.63) is 106 Å². The van der Waals surface area contributed by atoms with Gasteiger partial charge in [0, 0.05) is 0 Å². The summed E-state index contributed by atoms with van der Waals surface area (Å²) in [6, 6.07) is 18.2. The molecule has 4 heterocycles. The maximum Gasteiger partial charge on any atom is 0.268 e. The van der Waals surface area contributed by atoms with Crippen molar-refractivity contribution < 1.29 is 28.8 Å². The van der Waals surface area contributed by atoms with Gasteiger partial charge < -0.3 is 0 Å². The highest BCUT2D eigenvalue weighted by molar-refractivity contribution is 6.36. The minimum Gasteiger partial charge on any atom is -0.268 e. The fourth-order valence-electron chi connectivity index (χ4n) is 4.76. The van der Waals surface area contributed by atoms with Gasteiger partial charge in [0.05, 0.1) is 33.4 Å². The Morgan fingerprint density at radius 3 is 0.692 bits per heavy atom. The van der Waals surface area contributed by atoms with E-state index in [0.717, 1.165) is 0 Å². The molecule has 0 bridgehead atoms. The Labute approximate surface area is 218 Å². The molecule has 0 aliphatic carbocycles. The SMILES string of the molecule is O=C1c2ccccc2C(=O)N1c1nc(N2C(=O)c3ccccc3C2=O)nc(N2C(=O)c3ccccc3C2=O)n1. The van der Waals surface area contributed by atoms with Crippen molar-refractivity contribution in [1.82, 2.24) is 15.0 Å². The topological polar surface area (TPSA) is 151 Å². The number of rotatable bonds is 3. The molecule has 0 radical (unpaired) electrons. The van der Waals surface area contributed by atoms with Gasteiger partial charge in [0.15, 0.2) is 0 Å². The third-order valence-electron chi connectivity index (χ3n) is 6.58. The Bertz CT molecular complexity index is 1540. The van der Waals surface area contributed by atoms with Crippen LogP contribution in [0, 0.1) is 0 Å². The minimum atomic E-state index is -0.761. The van der Waals surface area contributed by atoms with Crippen molar-refractivity contribution >= 4 is 53.3 Å². The standard InChI is InChI=1S/C27H12N6O6/c34-19-13-7-1-2-8-14(13)20(35)31(19)25-28-26(32-21(36)15-9-3-4-10-16(15)22(32)37)30-27(29-25)33-23(38)17-11-5-6-12-18(17)24(33)39/h1-12H. The van der Waals surface area contributed by atoms with Gasteiger partial charge in [-0.15, -0.1) is 0 Å². The van der Waals surface area contributed by atoms with Gasteiger partial charge in [0.1, 0.15) is 0 Å². The molecular formula is C27H12N6O6. The Kier molecular flexibility index (Phi) is 4.46. The predicted molar refractivity (Wildman–Crippen MR) is 133 cm³/mol. The second kappa shape index (κ2) is 7.79. The molecule has 4 aromatic rings. The molecule has 186 valence electrons. The summed E-state index contributed by atoms with van der Waals surface area (Å²) in [4.78, 5) is 93.5. The molecule has 12 heteroatoms. The van der Waals surface area contributed by atoms with Gasteiger partial charge in [0.25, 0.3) is 35.4 Å². The van der Waals surface area contributed by atoms with Gasteiger partial charge in [-0.3, -0.25) is 28.8 Å². The van der Waals surface area contributed by atoms with Crippen LogP contribution < -0.4 is 14.7 Å². The van der Waals surface area contributed by atoms with E-state index in [2.05, 4.69) is 15.0 Å². The molecule has 3 aliphatic heterocycles. The maximum atomic E-state index is 13.2. The molecule has 0 unspecified atom stereocenters. The number of fused-ring (bicyclic) bond motifs is 3. The van der Waals surface area contributed by atoms with E-state index in [0.29, 0.717) is 14.7 Å². The van der Waals surface area contributed by atoms with Gasteiger partial charge in [0.2, 0.25) is 17.8 Å². The van der Waals surface area contributed by atoms with E-state index in [1.54, 1.807) is 36.4 Å². The zero-order valence-corrected chi connectivity index (χ0v) is 19.6. The lowest BCUT2D eigenvalue weighted by molar-refractivity contribution is 0.0911. The number of hydrogen-bond donors (Lipinski definition) is 0. The van der Waals surface area contributed by atoms with Gasteiger partial charge >= 0.3 is 0 Å². The number of carbonyl (C=O) groups excluding carboxylic acids is 6. The largest absolute Gasteiger partial charge is 0.268 e. The highest BCUT2D eigenvalue weighted by Gasteiger charge is 2.44. The van der Waals surface area contributed by atoms with Crippen molar-refractivity contribution in [1.29, 1.82) is 0 Å². The zero-order valence-electron chi connectivity index (χ0n) is 19.6. The quantitative estimate of drug-likeness (QED) is 0.374. The number of hydrogen-bond acceptors (Lipinski definition) is 9. The zero-order chi connectivity index (χ0) is 27.0. The normalized spacial score (nSPS) is 15.8. The summed E-state index contributed by atoms with van der Waals surface area (Å²) in [5.74, 6) is -6.25. The van der Waals surface area contributed by atoms with Gasteiger partial charge in [-0.1, -0.05) is 36.4 Å². The highest BCUT2D eigenvalue weighted by atomic mass is 16.2.